The molecular weight excluding hydrogens is 334 g/mol. The average molecular weight is 355 g/mol. The van der Waals surface area contributed by atoms with E-state index in [0.29, 0.717) is 12.5 Å². The third kappa shape index (κ3) is 2.36. The lowest BCUT2D eigenvalue weighted by Gasteiger charge is -2.35. The highest BCUT2D eigenvalue weighted by Gasteiger charge is 2.30. The van der Waals surface area contributed by atoms with Crippen molar-refractivity contribution in [1.29, 1.82) is 0 Å². The van der Waals surface area contributed by atoms with E-state index in [1.54, 1.807) is 7.11 Å². The zero-order valence-corrected chi connectivity index (χ0v) is 14.9. The first-order chi connectivity index (χ1) is 12.7. The molecule has 0 spiro atoms. The van der Waals surface area contributed by atoms with Crippen LogP contribution in [0, 0.1) is 0 Å². The summed E-state index contributed by atoms with van der Waals surface area (Å²) in [5.41, 5.74) is 3.74. The number of fused-ring (bicyclic) bond motifs is 3. The van der Waals surface area contributed by atoms with E-state index in [9.17, 15) is 0 Å². The molecule has 5 rings (SSSR count). The van der Waals surface area contributed by atoms with Gasteiger partial charge in [-0.25, -0.2) is 0 Å². The molecule has 136 valence electrons. The van der Waals surface area contributed by atoms with Crippen molar-refractivity contribution in [2.45, 2.75) is 18.9 Å². The van der Waals surface area contributed by atoms with Gasteiger partial charge >= 0.3 is 0 Å². The fraction of sp³-hybridized carbons (Fsp3) is 0.400. The van der Waals surface area contributed by atoms with Crippen LogP contribution in [0.15, 0.2) is 24.3 Å². The lowest BCUT2D eigenvalue weighted by Crippen LogP contribution is -2.33. The summed E-state index contributed by atoms with van der Waals surface area (Å²) in [5.74, 6) is 3.90. The monoisotopic (exact) mass is 355 g/mol. The topological polar surface area (TPSA) is 49.4 Å². The van der Waals surface area contributed by atoms with Crippen LogP contribution in [-0.4, -0.2) is 39.2 Å². The van der Waals surface area contributed by atoms with Gasteiger partial charge in [-0.15, -0.1) is 0 Å². The number of benzene rings is 2. The Hall–Kier alpha value is -2.60. The SMILES string of the molecule is COc1c(C[C@@H]2c3cc4c(cc3CCN2C)OCO4)ccc2c1OCO2. The number of hydrogen-bond donors (Lipinski definition) is 0. The van der Waals surface area contributed by atoms with Gasteiger partial charge in [0.05, 0.1) is 7.11 Å². The van der Waals surface area contributed by atoms with Crippen LogP contribution in [0.5, 0.6) is 28.7 Å². The molecule has 0 aromatic heterocycles. The van der Waals surface area contributed by atoms with Gasteiger partial charge < -0.3 is 23.7 Å². The fourth-order valence-electron chi connectivity index (χ4n) is 4.06. The molecule has 3 aliphatic heterocycles. The summed E-state index contributed by atoms with van der Waals surface area (Å²) in [6, 6.07) is 8.54. The zero-order valence-electron chi connectivity index (χ0n) is 14.9. The molecule has 26 heavy (non-hydrogen) atoms. The van der Waals surface area contributed by atoms with Crippen LogP contribution in [0.2, 0.25) is 0 Å². The molecule has 0 saturated heterocycles. The Balaban J connectivity index is 1.54. The van der Waals surface area contributed by atoms with Crippen LogP contribution in [-0.2, 0) is 12.8 Å². The molecule has 0 unspecified atom stereocenters. The molecule has 3 heterocycles. The summed E-state index contributed by atoms with van der Waals surface area (Å²) in [6.45, 7) is 1.55. The molecule has 3 aliphatic rings. The molecule has 6 heteroatoms. The summed E-state index contributed by atoms with van der Waals surface area (Å²) < 4.78 is 27.9. The normalized spacial score (nSPS) is 20.2. The Morgan fingerprint density at radius 1 is 1.04 bits per heavy atom. The molecule has 0 aliphatic carbocycles. The van der Waals surface area contributed by atoms with Crippen molar-refractivity contribution in [3.63, 3.8) is 0 Å². The van der Waals surface area contributed by atoms with E-state index in [4.69, 9.17) is 23.7 Å². The fourth-order valence-corrected chi connectivity index (χ4v) is 4.06. The number of nitrogens with zero attached hydrogens (tertiary/aromatic N) is 1. The van der Waals surface area contributed by atoms with Crippen LogP contribution in [0.25, 0.3) is 0 Å². The summed E-state index contributed by atoms with van der Waals surface area (Å²) >= 11 is 0. The highest BCUT2D eigenvalue weighted by Crippen LogP contribution is 2.46. The number of methoxy groups -OCH3 is 1. The highest BCUT2D eigenvalue weighted by molar-refractivity contribution is 5.58. The predicted molar refractivity (Wildman–Crippen MR) is 94.5 cm³/mol. The van der Waals surface area contributed by atoms with Crippen molar-refractivity contribution in [2.24, 2.45) is 0 Å². The van der Waals surface area contributed by atoms with E-state index < -0.39 is 0 Å². The highest BCUT2D eigenvalue weighted by atomic mass is 16.7. The van der Waals surface area contributed by atoms with Crippen molar-refractivity contribution < 1.29 is 23.7 Å². The zero-order chi connectivity index (χ0) is 17.7. The number of ether oxygens (including phenoxy) is 5. The molecule has 0 amide bonds. The maximum absolute atomic E-state index is 5.66. The Morgan fingerprint density at radius 2 is 1.81 bits per heavy atom. The maximum Gasteiger partial charge on any atom is 0.231 e. The molecule has 2 aromatic carbocycles. The van der Waals surface area contributed by atoms with E-state index >= 15 is 0 Å². The van der Waals surface area contributed by atoms with E-state index in [2.05, 4.69) is 30.1 Å². The second-order valence-corrected chi connectivity index (χ2v) is 6.85. The Bertz CT molecular complexity index is 866. The molecule has 0 fully saturated rings. The van der Waals surface area contributed by atoms with E-state index in [1.807, 2.05) is 6.07 Å². The van der Waals surface area contributed by atoms with Crippen molar-refractivity contribution >= 4 is 0 Å². The number of hydrogen-bond acceptors (Lipinski definition) is 6. The van der Waals surface area contributed by atoms with Gasteiger partial charge in [-0.05, 0) is 49.2 Å². The first-order valence-corrected chi connectivity index (χ1v) is 8.82. The first kappa shape index (κ1) is 15.6. The lowest BCUT2D eigenvalue weighted by molar-refractivity contribution is 0.171. The van der Waals surface area contributed by atoms with Gasteiger partial charge in [0.2, 0.25) is 19.3 Å². The summed E-state index contributed by atoms with van der Waals surface area (Å²) in [6.07, 6.45) is 1.83. The van der Waals surface area contributed by atoms with Crippen LogP contribution in [0.3, 0.4) is 0 Å². The van der Waals surface area contributed by atoms with E-state index in [1.165, 1.54) is 11.1 Å². The largest absolute Gasteiger partial charge is 0.492 e. The number of rotatable bonds is 3. The molecular formula is C20H21NO5. The van der Waals surface area contributed by atoms with Crippen molar-refractivity contribution in [3.8, 4) is 28.7 Å². The van der Waals surface area contributed by atoms with Gasteiger partial charge in [-0.2, -0.15) is 0 Å². The third-order valence-electron chi connectivity index (χ3n) is 5.45. The van der Waals surface area contributed by atoms with E-state index in [-0.39, 0.29) is 12.8 Å². The molecule has 0 bridgehead atoms. The van der Waals surface area contributed by atoms with Crippen LogP contribution >= 0.6 is 0 Å². The standard InChI is InChI=1S/C20H21NO5/c1-21-6-5-12-8-17-18(25-10-24-17)9-14(12)15(21)7-13-3-4-16-20(19(13)22-2)26-11-23-16/h3-4,8-9,15H,5-7,10-11H2,1-2H3/t15-/m1/s1. The lowest BCUT2D eigenvalue weighted by atomic mass is 9.88. The average Bonchev–Trinajstić information content (AvgIpc) is 3.30. The van der Waals surface area contributed by atoms with Gasteiger partial charge in [-0.1, -0.05) is 6.07 Å². The molecule has 2 aromatic rings. The Kier molecular flexibility index (Phi) is 3.60. The molecule has 1 atom stereocenters. The third-order valence-corrected chi connectivity index (χ3v) is 5.45. The smallest absolute Gasteiger partial charge is 0.231 e. The minimum Gasteiger partial charge on any atom is -0.492 e. The van der Waals surface area contributed by atoms with Crippen LogP contribution in [0.1, 0.15) is 22.7 Å². The summed E-state index contributed by atoms with van der Waals surface area (Å²) in [4.78, 5) is 2.38. The van der Waals surface area contributed by atoms with E-state index in [0.717, 1.165) is 47.9 Å². The minimum absolute atomic E-state index is 0.238. The van der Waals surface area contributed by atoms with Crippen LogP contribution in [0.4, 0.5) is 0 Å². The minimum atomic E-state index is 0.238. The molecule has 0 N–H and O–H groups in total. The van der Waals surface area contributed by atoms with Gasteiger partial charge in [0.1, 0.15) is 0 Å². The van der Waals surface area contributed by atoms with Gasteiger partial charge in [0, 0.05) is 18.2 Å². The summed E-state index contributed by atoms with van der Waals surface area (Å²) in [5, 5.41) is 0. The Morgan fingerprint density at radius 3 is 2.65 bits per heavy atom. The second-order valence-electron chi connectivity index (χ2n) is 6.85. The quantitative estimate of drug-likeness (QED) is 0.844. The van der Waals surface area contributed by atoms with Crippen molar-refractivity contribution in [1.82, 2.24) is 4.90 Å². The molecule has 6 nitrogen and oxygen atoms in total. The second kappa shape index (κ2) is 5.99. The first-order valence-electron chi connectivity index (χ1n) is 8.82. The van der Waals surface area contributed by atoms with Crippen LogP contribution < -0.4 is 23.7 Å². The van der Waals surface area contributed by atoms with Gasteiger partial charge in [0.25, 0.3) is 0 Å². The van der Waals surface area contributed by atoms with Gasteiger partial charge in [0.15, 0.2) is 23.0 Å². The Labute approximate surface area is 152 Å². The van der Waals surface area contributed by atoms with Gasteiger partial charge in [-0.3, -0.25) is 4.90 Å². The summed E-state index contributed by atoms with van der Waals surface area (Å²) in [7, 11) is 3.84. The predicted octanol–water partition coefficient (Wildman–Crippen LogP) is 2.92. The molecule has 0 saturated carbocycles. The maximum atomic E-state index is 5.66. The number of likely N-dealkylation sites (N-methyl/N-ethyl adjacent to an activating group) is 1. The van der Waals surface area contributed by atoms with Crippen molar-refractivity contribution in [3.05, 3.63) is 41.0 Å². The van der Waals surface area contributed by atoms with Crippen molar-refractivity contribution in [2.75, 3.05) is 34.3 Å². The molecule has 0 radical (unpaired) electrons.